The van der Waals surface area contributed by atoms with Gasteiger partial charge in [0.1, 0.15) is 11.5 Å². The van der Waals surface area contributed by atoms with E-state index in [0.29, 0.717) is 29.9 Å². The van der Waals surface area contributed by atoms with Crippen molar-refractivity contribution in [1.29, 1.82) is 5.26 Å². The van der Waals surface area contributed by atoms with E-state index in [1.54, 1.807) is 18.2 Å². The first-order valence-corrected chi connectivity index (χ1v) is 8.68. The molecule has 3 nitrogen and oxygen atoms in total. The molecule has 0 bridgehead atoms. The van der Waals surface area contributed by atoms with E-state index in [2.05, 4.69) is 6.07 Å². The Bertz CT molecular complexity index is 804. The zero-order valence-electron chi connectivity index (χ0n) is 13.6. The van der Waals surface area contributed by atoms with Crippen molar-refractivity contribution < 1.29 is 10.2 Å². The van der Waals surface area contributed by atoms with E-state index >= 15 is 0 Å². The molecule has 0 heterocycles. The first-order chi connectivity index (χ1) is 11.7. The Labute approximate surface area is 142 Å². The standard InChI is InChI=1S/C21H21NO2/c22-9-8-14-10-16(24)11-21-18-3-1-2-17(18)19(12-20(14)21)13-4-6-15(23)7-5-13/h4-7,10-11,17-19,23-24H,1-3,8,12H2/t17-,18+,19-/m0/s1. The molecule has 2 N–H and O–H groups in total. The number of nitriles is 1. The first-order valence-electron chi connectivity index (χ1n) is 8.68. The summed E-state index contributed by atoms with van der Waals surface area (Å²) in [6.45, 7) is 0. The number of nitrogens with zero attached hydrogens (tertiary/aromatic N) is 1. The smallest absolute Gasteiger partial charge is 0.116 e. The van der Waals surface area contributed by atoms with Crippen LogP contribution < -0.4 is 0 Å². The van der Waals surface area contributed by atoms with Crippen LogP contribution in [0.3, 0.4) is 0 Å². The van der Waals surface area contributed by atoms with Crippen LogP contribution in [0.1, 0.15) is 53.4 Å². The maximum Gasteiger partial charge on any atom is 0.116 e. The van der Waals surface area contributed by atoms with Crippen molar-refractivity contribution in [3.05, 3.63) is 58.7 Å². The lowest BCUT2D eigenvalue weighted by Gasteiger charge is -2.37. The fraction of sp³-hybridized carbons (Fsp3) is 0.381. The quantitative estimate of drug-likeness (QED) is 0.863. The Hall–Kier alpha value is -2.47. The normalized spacial score (nSPS) is 24.9. The molecule has 2 aliphatic rings. The molecule has 0 radical (unpaired) electrons. The number of fused-ring (bicyclic) bond motifs is 3. The summed E-state index contributed by atoms with van der Waals surface area (Å²) >= 11 is 0. The minimum Gasteiger partial charge on any atom is -0.508 e. The first kappa shape index (κ1) is 15.1. The van der Waals surface area contributed by atoms with Crippen molar-refractivity contribution in [2.45, 2.75) is 43.9 Å². The maximum absolute atomic E-state index is 10.1. The molecule has 0 saturated heterocycles. The molecular weight excluding hydrogens is 298 g/mol. The molecule has 24 heavy (non-hydrogen) atoms. The summed E-state index contributed by atoms with van der Waals surface area (Å²) in [6.07, 6.45) is 4.84. The van der Waals surface area contributed by atoms with Crippen molar-refractivity contribution in [3.63, 3.8) is 0 Å². The van der Waals surface area contributed by atoms with Crippen LogP contribution in [0.15, 0.2) is 36.4 Å². The van der Waals surface area contributed by atoms with Gasteiger partial charge < -0.3 is 10.2 Å². The molecule has 2 aromatic carbocycles. The van der Waals surface area contributed by atoms with Crippen LogP contribution in [-0.4, -0.2) is 10.2 Å². The maximum atomic E-state index is 10.1. The fourth-order valence-corrected chi connectivity index (χ4v) is 4.88. The molecular formula is C21H21NO2. The lowest BCUT2D eigenvalue weighted by atomic mass is 9.67. The second-order valence-electron chi connectivity index (χ2n) is 7.11. The minimum atomic E-state index is 0.285. The number of aromatic hydroxyl groups is 2. The third-order valence-corrected chi connectivity index (χ3v) is 5.86. The van der Waals surface area contributed by atoms with Crippen molar-refractivity contribution >= 4 is 0 Å². The Kier molecular flexibility index (Phi) is 3.69. The molecule has 122 valence electrons. The van der Waals surface area contributed by atoms with Gasteiger partial charge in [-0.25, -0.2) is 0 Å². The summed E-state index contributed by atoms with van der Waals surface area (Å²) in [5, 5.41) is 28.8. The number of phenols is 2. The van der Waals surface area contributed by atoms with E-state index in [1.165, 1.54) is 29.5 Å². The summed E-state index contributed by atoms with van der Waals surface area (Å²) in [7, 11) is 0. The van der Waals surface area contributed by atoms with E-state index in [0.717, 1.165) is 18.4 Å². The molecule has 0 amide bonds. The molecule has 1 fully saturated rings. The highest BCUT2D eigenvalue weighted by molar-refractivity contribution is 5.49. The van der Waals surface area contributed by atoms with Crippen LogP contribution in [0.4, 0.5) is 0 Å². The van der Waals surface area contributed by atoms with Gasteiger partial charge in [-0.15, -0.1) is 0 Å². The van der Waals surface area contributed by atoms with Gasteiger partial charge in [-0.2, -0.15) is 5.26 Å². The Balaban J connectivity index is 1.82. The molecule has 0 aliphatic heterocycles. The highest BCUT2D eigenvalue weighted by Gasteiger charge is 2.41. The zero-order valence-corrected chi connectivity index (χ0v) is 13.6. The van der Waals surface area contributed by atoms with Crippen LogP contribution in [0, 0.1) is 17.2 Å². The topological polar surface area (TPSA) is 64.2 Å². The number of benzene rings is 2. The fourth-order valence-electron chi connectivity index (χ4n) is 4.88. The van der Waals surface area contributed by atoms with Crippen LogP contribution in [0.2, 0.25) is 0 Å². The molecule has 2 aromatic rings. The summed E-state index contributed by atoms with van der Waals surface area (Å²) in [4.78, 5) is 0. The Morgan fingerprint density at radius 2 is 1.79 bits per heavy atom. The predicted molar refractivity (Wildman–Crippen MR) is 92.1 cm³/mol. The van der Waals surface area contributed by atoms with Crippen molar-refractivity contribution in [2.75, 3.05) is 0 Å². The zero-order chi connectivity index (χ0) is 16.7. The predicted octanol–water partition coefficient (Wildman–Crippen LogP) is 4.39. The summed E-state index contributed by atoms with van der Waals surface area (Å²) < 4.78 is 0. The lowest BCUT2D eigenvalue weighted by Crippen LogP contribution is -2.26. The molecule has 2 aliphatic carbocycles. The minimum absolute atomic E-state index is 0.285. The number of rotatable bonds is 2. The number of hydrogen-bond donors (Lipinski definition) is 2. The third-order valence-electron chi connectivity index (χ3n) is 5.86. The number of phenolic OH excluding ortho intramolecular Hbond substituents is 2. The molecule has 3 atom stereocenters. The average Bonchev–Trinajstić information content (AvgIpc) is 3.05. The van der Waals surface area contributed by atoms with E-state index in [9.17, 15) is 10.2 Å². The summed E-state index contributed by atoms with van der Waals surface area (Å²) in [5.41, 5.74) is 4.77. The largest absolute Gasteiger partial charge is 0.508 e. The molecule has 3 heteroatoms. The van der Waals surface area contributed by atoms with E-state index in [4.69, 9.17) is 5.26 Å². The van der Waals surface area contributed by atoms with Gasteiger partial charge in [0.15, 0.2) is 0 Å². The molecule has 0 aromatic heterocycles. The number of hydrogen-bond acceptors (Lipinski definition) is 3. The van der Waals surface area contributed by atoms with Crippen LogP contribution in [0.5, 0.6) is 11.5 Å². The Morgan fingerprint density at radius 1 is 1.00 bits per heavy atom. The van der Waals surface area contributed by atoms with Gasteiger partial charge in [0.2, 0.25) is 0 Å². The monoisotopic (exact) mass is 319 g/mol. The van der Waals surface area contributed by atoms with Crippen molar-refractivity contribution in [3.8, 4) is 17.6 Å². The van der Waals surface area contributed by atoms with Gasteiger partial charge in [0.25, 0.3) is 0 Å². The summed E-state index contributed by atoms with van der Waals surface area (Å²) in [6, 6.07) is 13.5. The molecule has 0 unspecified atom stereocenters. The third kappa shape index (κ3) is 2.43. The van der Waals surface area contributed by atoms with E-state index in [-0.39, 0.29) is 5.75 Å². The Morgan fingerprint density at radius 3 is 2.54 bits per heavy atom. The van der Waals surface area contributed by atoms with Gasteiger partial charge >= 0.3 is 0 Å². The molecule has 1 saturated carbocycles. The summed E-state index contributed by atoms with van der Waals surface area (Å²) in [5.74, 6) is 2.06. The van der Waals surface area contributed by atoms with Crippen molar-refractivity contribution in [1.82, 2.24) is 0 Å². The molecule has 0 spiro atoms. The van der Waals surface area contributed by atoms with Crippen LogP contribution >= 0.6 is 0 Å². The van der Waals surface area contributed by atoms with Gasteiger partial charge in [-0.1, -0.05) is 18.6 Å². The van der Waals surface area contributed by atoms with Gasteiger partial charge in [0, 0.05) is 0 Å². The SMILES string of the molecule is N#CCc1cc(O)cc2c1C[C@@H](c1ccc(O)cc1)[C@H]1CCC[C@@H]21. The van der Waals surface area contributed by atoms with E-state index < -0.39 is 0 Å². The van der Waals surface area contributed by atoms with E-state index in [1.807, 2.05) is 18.2 Å². The lowest BCUT2D eigenvalue weighted by molar-refractivity contribution is 0.361. The average molecular weight is 319 g/mol. The second kappa shape index (κ2) is 5.87. The molecule has 4 rings (SSSR count). The van der Waals surface area contributed by atoms with Gasteiger partial charge in [-0.3, -0.25) is 0 Å². The highest BCUT2D eigenvalue weighted by atomic mass is 16.3. The van der Waals surface area contributed by atoms with Crippen LogP contribution in [-0.2, 0) is 12.8 Å². The highest BCUT2D eigenvalue weighted by Crippen LogP contribution is 2.54. The van der Waals surface area contributed by atoms with Crippen molar-refractivity contribution in [2.24, 2.45) is 5.92 Å². The van der Waals surface area contributed by atoms with Gasteiger partial charge in [0.05, 0.1) is 12.5 Å². The second-order valence-corrected chi connectivity index (χ2v) is 7.11. The van der Waals surface area contributed by atoms with Gasteiger partial charge in [-0.05, 0) is 83.5 Å². The van der Waals surface area contributed by atoms with Crippen LogP contribution in [0.25, 0.3) is 0 Å².